The average Bonchev–Trinajstić information content (AvgIpc) is 3.43. The van der Waals surface area contributed by atoms with Gasteiger partial charge in [-0.05, 0) is 48.5 Å². The highest BCUT2D eigenvalue weighted by Gasteiger charge is 2.30. The van der Waals surface area contributed by atoms with Crippen LogP contribution in [0.4, 0.5) is 39.0 Å². The third-order valence-corrected chi connectivity index (χ3v) is 6.45. The SMILES string of the molecule is O=C(Nc1ccc(N2CCN(c3c(F)c(F)c(F)c(F)c3F)CC2)cc1)c1ccc(-c2cccc(Cl)c2)o1. The first kappa shape index (κ1) is 25.6. The number of carbonyl (C=O) groups is 1. The largest absolute Gasteiger partial charge is 0.451 e. The second-order valence-electron chi connectivity index (χ2n) is 8.57. The van der Waals surface area contributed by atoms with Crippen LogP contribution in [0.2, 0.25) is 5.02 Å². The minimum atomic E-state index is -2.18. The summed E-state index contributed by atoms with van der Waals surface area (Å²) in [4.78, 5) is 15.7. The van der Waals surface area contributed by atoms with Gasteiger partial charge in [0.25, 0.3) is 5.91 Å². The zero-order chi connectivity index (χ0) is 27.0. The fraction of sp³-hybridized carbons (Fsp3) is 0.148. The number of piperazine rings is 1. The molecule has 5 rings (SSSR count). The zero-order valence-corrected chi connectivity index (χ0v) is 20.3. The van der Waals surface area contributed by atoms with Crippen molar-refractivity contribution >= 4 is 34.6 Å². The molecule has 4 aromatic rings. The standard InChI is InChI=1S/C27H19ClF5N3O2/c28-16-3-1-2-15(14-16)19-8-9-20(38-19)27(37)34-17-4-6-18(7-5-17)35-10-12-36(13-11-35)26-24(32)22(30)21(29)23(31)25(26)33/h1-9,14H,10-13H2,(H,34,37). The van der Waals surface area contributed by atoms with Crippen molar-refractivity contribution in [2.24, 2.45) is 0 Å². The first-order valence-corrected chi connectivity index (χ1v) is 11.9. The van der Waals surface area contributed by atoms with Gasteiger partial charge in [-0.2, -0.15) is 0 Å². The summed E-state index contributed by atoms with van der Waals surface area (Å²) in [7, 11) is 0. The van der Waals surface area contributed by atoms with Crippen LogP contribution in [0.5, 0.6) is 0 Å². The van der Waals surface area contributed by atoms with Crippen LogP contribution in [0.15, 0.2) is 65.1 Å². The minimum Gasteiger partial charge on any atom is -0.451 e. The number of benzene rings is 3. The lowest BCUT2D eigenvalue weighted by Crippen LogP contribution is -2.47. The summed E-state index contributed by atoms with van der Waals surface area (Å²) in [5.41, 5.74) is 1.09. The molecule has 1 aliphatic heterocycles. The number of nitrogens with one attached hydrogen (secondary N) is 1. The number of anilines is 3. The summed E-state index contributed by atoms with van der Waals surface area (Å²) in [6.07, 6.45) is 0. The Kier molecular flexibility index (Phi) is 6.98. The monoisotopic (exact) mass is 547 g/mol. The number of halogens is 6. The summed E-state index contributed by atoms with van der Waals surface area (Å²) in [5.74, 6) is -9.61. The van der Waals surface area contributed by atoms with Crippen LogP contribution >= 0.6 is 11.6 Å². The van der Waals surface area contributed by atoms with Gasteiger partial charge in [0, 0.05) is 48.1 Å². The van der Waals surface area contributed by atoms with Gasteiger partial charge in [0.15, 0.2) is 29.0 Å². The van der Waals surface area contributed by atoms with Gasteiger partial charge >= 0.3 is 0 Å². The molecule has 1 amide bonds. The minimum absolute atomic E-state index is 0.0459. The number of nitrogens with zero attached hydrogens (tertiary/aromatic N) is 2. The van der Waals surface area contributed by atoms with Crippen molar-refractivity contribution in [1.82, 2.24) is 0 Å². The van der Waals surface area contributed by atoms with E-state index in [1.54, 1.807) is 54.6 Å². The quantitative estimate of drug-likeness (QED) is 0.168. The molecule has 0 unspecified atom stereocenters. The van der Waals surface area contributed by atoms with Gasteiger partial charge in [-0.3, -0.25) is 4.79 Å². The van der Waals surface area contributed by atoms with E-state index in [1.807, 2.05) is 11.0 Å². The fourth-order valence-corrected chi connectivity index (χ4v) is 4.45. The first-order chi connectivity index (χ1) is 18.2. The van der Waals surface area contributed by atoms with E-state index in [0.717, 1.165) is 16.2 Å². The molecule has 1 saturated heterocycles. The number of rotatable bonds is 5. The highest BCUT2D eigenvalue weighted by molar-refractivity contribution is 6.30. The molecule has 1 aliphatic rings. The molecule has 1 N–H and O–H groups in total. The fourth-order valence-electron chi connectivity index (χ4n) is 4.26. The lowest BCUT2D eigenvalue weighted by Gasteiger charge is -2.37. The summed E-state index contributed by atoms with van der Waals surface area (Å²) in [5, 5.41) is 3.30. The smallest absolute Gasteiger partial charge is 0.291 e. The van der Waals surface area contributed by atoms with Gasteiger partial charge in [0.2, 0.25) is 5.82 Å². The van der Waals surface area contributed by atoms with E-state index in [4.69, 9.17) is 16.0 Å². The van der Waals surface area contributed by atoms with Crippen LogP contribution in [0, 0.1) is 29.1 Å². The van der Waals surface area contributed by atoms with E-state index in [1.165, 1.54) is 0 Å². The molecule has 0 aliphatic carbocycles. The summed E-state index contributed by atoms with van der Waals surface area (Å²) < 4.78 is 74.5. The third kappa shape index (κ3) is 4.91. The van der Waals surface area contributed by atoms with Gasteiger partial charge in [0.1, 0.15) is 11.4 Å². The molecule has 38 heavy (non-hydrogen) atoms. The van der Waals surface area contributed by atoms with Gasteiger partial charge in [-0.15, -0.1) is 0 Å². The number of carbonyl (C=O) groups excluding carboxylic acids is 1. The predicted octanol–water partition coefficient (Wildman–Crippen LogP) is 6.87. The topological polar surface area (TPSA) is 48.7 Å². The summed E-state index contributed by atoms with van der Waals surface area (Å²) >= 11 is 6.01. The first-order valence-electron chi connectivity index (χ1n) is 11.5. The number of amides is 1. The van der Waals surface area contributed by atoms with Crippen molar-refractivity contribution in [3.8, 4) is 11.3 Å². The van der Waals surface area contributed by atoms with E-state index in [0.29, 0.717) is 16.5 Å². The molecular formula is C27H19ClF5N3O2. The Morgan fingerprint density at radius 3 is 2.00 bits per heavy atom. The Morgan fingerprint density at radius 2 is 1.37 bits per heavy atom. The Balaban J connectivity index is 1.21. The Morgan fingerprint density at radius 1 is 0.763 bits per heavy atom. The van der Waals surface area contributed by atoms with Crippen molar-refractivity contribution in [2.45, 2.75) is 0 Å². The molecule has 0 atom stereocenters. The van der Waals surface area contributed by atoms with Gasteiger partial charge < -0.3 is 19.5 Å². The van der Waals surface area contributed by atoms with Gasteiger partial charge in [-0.25, -0.2) is 22.0 Å². The summed E-state index contributed by atoms with van der Waals surface area (Å²) in [6, 6.07) is 17.2. The highest BCUT2D eigenvalue weighted by Crippen LogP contribution is 2.32. The molecular weight excluding hydrogens is 529 g/mol. The molecule has 0 saturated carbocycles. The van der Waals surface area contributed by atoms with Crippen molar-refractivity contribution in [1.29, 1.82) is 0 Å². The lowest BCUT2D eigenvalue weighted by molar-refractivity contribution is 0.0997. The van der Waals surface area contributed by atoms with E-state index < -0.39 is 40.7 Å². The average molecular weight is 548 g/mol. The Labute approximate surface area is 219 Å². The van der Waals surface area contributed by atoms with Crippen LogP contribution in [-0.4, -0.2) is 32.1 Å². The molecule has 0 radical (unpaired) electrons. The molecule has 2 heterocycles. The van der Waals surface area contributed by atoms with Crippen LogP contribution in [0.25, 0.3) is 11.3 Å². The van der Waals surface area contributed by atoms with Crippen LogP contribution in [-0.2, 0) is 0 Å². The van der Waals surface area contributed by atoms with E-state index >= 15 is 0 Å². The van der Waals surface area contributed by atoms with Crippen LogP contribution in [0.3, 0.4) is 0 Å². The molecule has 0 spiro atoms. The number of hydrogen-bond donors (Lipinski definition) is 1. The Bertz CT molecular complexity index is 1470. The molecule has 0 bridgehead atoms. The van der Waals surface area contributed by atoms with Crippen LogP contribution in [0.1, 0.15) is 10.6 Å². The van der Waals surface area contributed by atoms with Crippen LogP contribution < -0.4 is 15.1 Å². The third-order valence-electron chi connectivity index (χ3n) is 6.21. The van der Waals surface area contributed by atoms with Crippen molar-refractivity contribution in [3.05, 3.63) is 101 Å². The second-order valence-corrected chi connectivity index (χ2v) is 9.00. The van der Waals surface area contributed by atoms with E-state index in [2.05, 4.69) is 5.32 Å². The Hall–Kier alpha value is -4.05. The summed E-state index contributed by atoms with van der Waals surface area (Å²) in [6.45, 7) is 0.655. The van der Waals surface area contributed by atoms with Gasteiger partial charge in [-0.1, -0.05) is 23.7 Å². The highest BCUT2D eigenvalue weighted by atomic mass is 35.5. The lowest BCUT2D eigenvalue weighted by atomic mass is 10.2. The molecule has 5 nitrogen and oxygen atoms in total. The van der Waals surface area contributed by atoms with Gasteiger partial charge in [0.05, 0.1) is 0 Å². The molecule has 196 valence electrons. The molecule has 11 heteroatoms. The zero-order valence-electron chi connectivity index (χ0n) is 19.6. The van der Waals surface area contributed by atoms with E-state index in [-0.39, 0.29) is 31.9 Å². The van der Waals surface area contributed by atoms with Crippen molar-refractivity contribution < 1.29 is 31.2 Å². The maximum atomic E-state index is 14.2. The number of hydrogen-bond acceptors (Lipinski definition) is 4. The predicted molar refractivity (Wildman–Crippen MR) is 134 cm³/mol. The molecule has 1 aromatic heterocycles. The number of furan rings is 1. The molecule has 1 fully saturated rings. The molecule has 3 aromatic carbocycles. The maximum absolute atomic E-state index is 14.2. The van der Waals surface area contributed by atoms with Crippen molar-refractivity contribution in [3.63, 3.8) is 0 Å². The second kappa shape index (κ2) is 10.4. The van der Waals surface area contributed by atoms with Crippen molar-refractivity contribution in [2.75, 3.05) is 41.3 Å². The van der Waals surface area contributed by atoms with E-state index in [9.17, 15) is 26.7 Å². The maximum Gasteiger partial charge on any atom is 0.291 e. The normalized spacial score (nSPS) is 13.6.